The van der Waals surface area contributed by atoms with Gasteiger partial charge in [0, 0.05) is 5.56 Å². The molecular weight excluding hydrogens is 396 g/mol. The van der Waals surface area contributed by atoms with Gasteiger partial charge in [-0.15, -0.1) is 0 Å². The molecule has 0 radical (unpaired) electrons. The predicted octanol–water partition coefficient (Wildman–Crippen LogP) is 7.03. The topological polar surface area (TPSA) is 35.5 Å². The van der Waals surface area contributed by atoms with Gasteiger partial charge in [0.15, 0.2) is 0 Å². The van der Waals surface area contributed by atoms with Crippen molar-refractivity contribution in [1.82, 2.24) is 0 Å². The van der Waals surface area contributed by atoms with Gasteiger partial charge < -0.3 is 9.47 Å². The van der Waals surface area contributed by atoms with Crippen molar-refractivity contribution in [3.05, 3.63) is 95.1 Å². The molecule has 162 valence electrons. The van der Waals surface area contributed by atoms with E-state index in [1.165, 1.54) is 16.7 Å². The molecule has 1 aliphatic rings. The average molecular weight is 425 g/mol. The second kappa shape index (κ2) is 9.69. The lowest BCUT2D eigenvalue weighted by atomic mass is 9.94. The zero-order valence-electron chi connectivity index (χ0n) is 18.9. The van der Waals surface area contributed by atoms with Crippen LogP contribution in [-0.2, 0) is 9.53 Å². The molecule has 0 amide bonds. The second-order valence-electron chi connectivity index (χ2n) is 7.69. The van der Waals surface area contributed by atoms with E-state index >= 15 is 0 Å². The van der Waals surface area contributed by atoms with Gasteiger partial charge in [-0.2, -0.15) is 0 Å². The summed E-state index contributed by atoms with van der Waals surface area (Å²) < 4.78 is 11.0. The highest BCUT2D eigenvalue weighted by Crippen LogP contribution is 2.49. The molecule has 32 heavy (non-hydrogen) atoms. The van der Waals surface area contributed by atoms with Crippen molar-refractivity contribution in [2.75, 3.05) is 13.7 Å². The van der Waals surface area contributed by atoms with Crippen LogP contribution in [-0.4, -0.2) is 19.7 Å². The average Bonchev–Trinajstić information content (AvgIpc) is 3.12. The number of carbonyl (C=O) groups excluding carboxylic acids is 1. The van der Waals surface area contributed by atoms with Gasteiger partial charge in [-0.25, -0.2) is 0 Å². The number of allylic oxidation sites excluding steroid dienone is 2. The Morgan fingerprint density at radius 3 is 2.28 bits per heavy atom. The number of fused-ring (bicyclic) bond motifs is 1. The summed E-state index contributed by atoms with van der Waals surface area (Å²) in [6, 6.07) is 24.9. The van der Waals surface area contributed by atoms with Crippen LogP contribution in [0.3, 0.4) is 0 Å². The fourth-order valence-corrected chi connectivity index (χ4v) is 4.49. The number of esters is 1. The number of hydrogen-bond donors (Lipinski definition) is 0. The van der Waals surface area contributed by atoms with Crippen LogP contribution < -0.4 is 4.74 Å². The standard InChI is InChI=1S/C29H28O3/c1-4-22-25(18-21-14-9-10-15-23(21)20-12-7-6-8-13-20)24-16-11-17-27(31-3)29(24)26(22)19-28(30)32-5-2/h6-18H,4-5,19H2,1-3H3/b25-18-. The van der Waals surface area contributed by atoms with Gasteiger partial charge >= 0.3 is 5.97 Å². The Labute approximate surface area is 190 Å². The summed E-state index contributed by atoms with van der Waals surface area (Å²) in [5.41, 5.74) is 8.92. The minimum atomic E-state index is -0.212. The minimum absolute atomic E-state index is 0.212. The number of methoxy groups -OCH3 is 1. The Hall–Kier alpha value is -3.59. The summed E-state index contributed by atoms with van der Waals surface area (Å²) in [4.78, 5) is 12.5. The summed E-state index contributed by atoms with van der Waals surface area (Å²) >= 11 is 0. The lowest BCUT2D eigenvalue weighted by Gasteiger charge is -2.11. The quantitative estimate of drug-likeness (QED) is 0.382. The number of ether oxygens (including phenoxy) is 2. The highest BCUT2D eigenvalue weighted by molar-refractivity contribution is 6.09. The van der Waals surface area contributed by atoms with E-state index in [2.05, 4.69) is 67.6 Å². The summed E-state index contributed by atoms with van der Waals surface area (Å²) in [6.45, 7) is 4.34. The van der Waals surface area contributed by atoms with Gasteiger partial charge in [-0.05, 0) is 64.5 Å². The summed E-state index contributed by atoms with van der Waals surface area (Å²) in [5.74, 6) is 0.573. The molecule has 0 atom stereocenters. The smallest absolute Gasteiger partial charge is 0.310 e. The first-order chi connectivity index (χ1) is 15.7. The third kappa shape index (κ3) is 4.11. The van der Waals surface area contributed by atoms with E-state index in [1.54, 1.807) is 7.11 Å². The first-order valence-corrected chi connectivity index (χ1v) is 11.1. The number of benzene rings is 3. The molecule has 0 saturated carbocycles. The molecule has 0 saturated heterocycles. The van der Waals surface area contributed by atoms with E-state index in [1.807, 2.05) is 25.1 Å². The highest BCUT2D eigenvalue weighted by Gasteiger charge is 2.30. The van der Waals surface area contributed by atoms with Crippen molar-refractivity contribution in [2.24, 2.45) is 0 Å². The maximum absolute atomic E-state index is 12.5. The van der Waals surface area contributed by atoms with Crippen LogP contribution in [0.1, 0.15) is 43.4 Å². The van der Waals surface area contributed by atoms with Gasteiger partial charge in [-0.3, -0.25) is 4.79 Å². The van der Waals surface area contributed by atoms with Crippen LogP contribution in [0.15, 0.2) is 78.4 Å². The summed E-state index contributed by atoms with van der Waals surface area (Å²) in [6.07, 6.45) is 3.30. The third-order valence-electron chi connectivity index (χ3n) is 5.85. The molecule has 3 aromatic rings. The Morgan fingerprint density at radius 1 is 0.844 bits per heavy atom. The molecule has 0 bridgehead atoms. The largest absolute Gasteiger partial charge is 0.496 e. The fraction of sp³-hybridized carbons (Fsp3) is 0.207. The van der Waals surface area contributed by atoms with Gasteiger partial charge in [-0.1, -0.05) is 73.7 Å². The molecule has 4 rings (SSSR count). The zero-order chi connectivity index (χ0) is 22.5. The van der Waals surface area contributed by atoms with Gasteiger partial charge in [0.05, 0.1) is 20.1 Å². The van der Waals surface area contributed by atoms with E-state index in [9.17, 15) is 4.79 Å². The second-order valence-corrected chi connectivity index (χ2v) is 7.69. The fourth-order valence-electron chi connectivity index (χ4n) is 4.49. The Morgan fingerprint density at radius 2 is 1.56 bits per heavy atom. The SMILES string of the molecule is CCOC(=O)CC1=C(CC)/C(=C/c2ccccc2-c2ccccc2)c2cccc(OC)c21. The van der Waals surface area contributed by atoms with Crippen LogP contribution in [0.4, 0.5) is 0 Å². The van der Waals surface area contributed by atoms with Gasteiger partial charge in [0.2, 0.25) is 0 Å². The Bertz CT molecular complexity index is 1190. The van der Waals surface area contributed by atoms with Crippen LogP contribution in [0.2, 0.25) is 0 Å². The molecule has 3 heteroatoms. The summed E-state index contributed by atoms with van der Waals surface area (Å²) in [5, 5.41) is 0. The molecule has 0 heterocycles. The molecule has 3 aromatic carbocycles. The molecule has 3 nitrogen and oxygen atoms in total. The third-order valence-corrected chi connectivity index (χ3v) is 5.85. The van der Waals surface area contributed by atoms with Crippen molar-refractivity contribution >= 4 is 23.2 Å². The lowest BCUT2D eigenvalue weighted by molar-refractivity contribution is -0.141. The minimum Gasteiger partial charge on any atom is -0.496 e. The maximum Gasteiger partial charge on any atom is 0.310 e. The Kier molecular flexibility index (Phi) is 6.55. The molecule has 0 fully saturated rings. The maximum atomic E-state index is 12.5. The molecule has 0 N–H and O–H groups in total. The predicted molar refractivity (Wildman–Crippen MR) is 131 cm³/mol. The van der Waals surface area contributed by atoms with Crippen LogP contribution in [0.25, 0.3) is 28.3 Å². The molecular formula is C29H28O3. The first-order valence-electron chi connectivity index (χ1n) is 11.1. The number of rotatable bonds is 7. The molecule has 0 aliphatic heterocycles. The van der Waals surface area contributed by atoms with Crippen LogP contribution >= 0.6 is 0 Å². The van der Waals surface area contributed by atoms with Crippen LogP contribution in [0.5, 0.6) is 5.75 Å². The number of carbonyl (C=O) groups is 1. The molecule has 0 aromatic heterocycles. The van der Waals surface area contributed by atoms with Crippen LogP contribution in [0, 0.1) is 0 Å². The van der Waals surface area contributed by atoms with E-state index in [4.69, 9.17) is 9.47 Å². The molecule has 0 unspecified atom stereocenters. The molecule has 1 aliphatic carbocycles. The monoisotopic (exact) mass is 424 g/mol. The van der Waals surface area contributed by atoms with E-state index in [-0.39, 0.29) is 12.4 Å². The lowest BCUT2D eigenvalue weighted by Crippen LogP contribution is -2.05. The van der Waals surface area contributed by atoms with E-state index < -0.39 is 0 Å². The van der Waals surface area contributed by atoms with Gasteiger partial charge in [0.1, 0.15) is 5.75 Å². The van der Waals surface area contributed by atoms with Crippen molar-refractivity contribution in [1.29, 1.82) is 0 Å². The highest BCUT2D eigenvalue weighted by atomic mass is 16.5. The number of hydrogen-bond acceptors (Lipinski definition) is 3. The first kappa shape index (κ1) is 21.6. The Balaban J connectivity index is 1.91. The summed E-state index contributed by atoms with van der Waals surface area (Å²) in [7, 11) is 1.68. The van der Waals surface area contributed by atoms with Crippen molar-refractivity contribution in [2.45, 2.75) is 26.7 Å². The van der Waals surface area contributed by atoms with Crippen molar-refractivity contribution in [3.63, 3.8) is 0 Å². The zero-order valence-corrected chi connectivity index (χ0v) is 18.9. The normalized spacial score (nSPS) is 13.9. The van der Waals surface area contributed by atoms with E-state index in [0.717, 1.165) is 40.0 Å². The van der Waals surface area contributed by atoms with E-state index in [0.29, 0.717) is 6.61 Å². The molecule has 0 spiro atoms. The van der Waals surface area contributed by atoms with Crippen molar-refractivity contribution < 1.29 is 14.3 Å². The van der Waals surface area contributed by atoms with Gasteiger partial charge in [0.25, 0.3) is 0 Å². The van der Waals surface area contributed by atoms with Crippen molar-refractivity contribution in [3.8, 4) is 16.9 Å².